The number of anilines is 1. The Balaban J connectivity index is 2.45. The van der Waals surface area contributed by atoms with Crippen molar-refractivity contribution in [1.82, 2.24) is 5.32 Å². The molecule has 0 saturated carbocycles. The Hall–Kier alpha value is -2.66. The van der Waals surface area contributed by atoms with E-state index in [0.717, 1.165) is 6.07 Å². The van der Waals surface area contributed by atoms with Crippen molar-refractivity contribution in [2.45, 2.75) is 24.1 Å². The van der Waals surface area contributed by atoms with Crippen molar-refractivity contribution in [1.29, 1.82) is 0 Å². The molecule has 27 heavy (non-hydrogen) atoms. The minimum absolute atomic E-state index is 0.0385. The van der Waals surface area contributed by atoms with Gasteiger partial charge in [-0.15, -0.1) is 0 Å². The molecule has 2 aromatic rings. The lowest BCUT2D eigenvalue weighted by Crippen LogP contribution is -2.75. The molecule has 3 nitrogen and oxygen atoms in total. The van der Waals surface area contributed by atoms with E-state index in [9.17, 15) is 44.3 Å². The normalized spacial score (nSPS) is 13.5. The highest BCUT2D eigenvalue weighted by Crippen LogP contribution is 2.52. The Morgan fingerprint density at radius 1 is 0.704 bits per heavy atom. The Morgan fingerprint density at radius 3 is 1.70 bits per heavy atom. The van der Waals surface area contributed by atoms with Crippen molar-refractivity contribution in [3.05, 3.63) is 42.5 Å². The summed E-state index contributed by atoms with van der Waals surface area (Å²) in [6.07, 6.45) is -20.7. The van der Waals surface area contributed by atoms with Crippen molar-refractivity contribution in [3.8, 4) is 0 Å². The number of hydrogen-bond acceptors (Lipinski definition) is 1. The predicted molar refractivity (Wildman–Crippen MR) is 77.0 cm³/mol. The van der Waals surface area contributed by atoms with Crippen LogP contribution in [-0.4, -0.2) is 30.1 Å². The molecule has 148 valence electrons. The van der Waals surface area contributed by atoms with Gasteiger partial charge in [-0.05, 0) is 11.5 Å². The van der Waals surface area contributed by atoms with Gasteiger partial charge in [0.2, 0.25) is 0 Å². The number of fused-ring (bicyclic) bond motifs is 1. The Labute approximate surface area is 145 Å². The summed E-state index contributed by atoms with van der Waals surface area (Å²) in [5.74, 6) is 0. The smallest absolute Gasteiger partial charge is 0.308 e. The van der Waals surface area contributed by atoms with Crippen molar-refractivity contribution < 1.29 is 44.3 Å². The Kier molecular flexibility index (Phi) is 4.97. The van der Waals surface area contributed by atoms with E-state index in [1.807, 2.05) is 0 Å². The summed E-state index contributed by atoms with van der Waals surface area (Å²) in [6, 6.07) is 7.52. The Morgan fingerprint density at radius 2 is 1.19 bits per heavy atom. The zero-order valence-electron chi connectivity index (χ0n) is 12.9. The summed E-state index contributed by atoms with van der Waals surface area (Å²) in [4.78, 5) is 11.7. The average molecular weight is 404 g/mol. The van der Waals surface area contributed by atoms with E-state index in [2.05, 4.69) is 0 Å². The van der Waals surface area contributed by atoms with Crippen molar-refractivity contribution >= 4 is 22.5 Å². The first-order valence-electron chi connectivity index (χ1n) is 6.98. The standard InChI is InChI=1S/C15H9F9N2O/c16-13(17,18)12(14(19,20)21,15(22,23)24)26-11(27)25-10-7-3-5-8-4-1-2-6-9(8)10/h1-7H,(H2,25,26,27). The first-order chi connectivity index (χ1) is 12.2. The predicted octanol–water partition coefficient (Wildman–Crippen LogP) is 5.39. The van der Waals surface area contributed by atoms with Crippen molar-refractivity contribution in [2.24, 2.45) is 0 Å². The van der Waals surface area contributed by atoms with Gasteiger partial charge in [0.1, 0.15) is 0 Å². The van der Waals surface area contributed by atoms with Crippen molar-refractivity contribution in [2.75, 3.05) is 5.32 Å². The second-order valence-corrected chi connectivity index (χ2v) is 5.35. The van der Waals surface area contributed by atoms with Crippen LogP contribution >= 0.6 is 0 Å². The zero-order valence-corrected chi connectivity index (χ0v) is 12.9. The van der Waals surface area contributed by atoms with Gasteiger partial charge in [0.15, 0.2) is 0 Å². The molecule has 0 heterocycles. The number of carbonyl (C=O) groups is 1. The molecule has 0 aliphatic heterocycles. The van der Waals surface area contributed by atoms with Gasteiger partial charge in [-0.2, -0.15) is 39.5 Å². The fourth-order valence-electron chi connectivity index (χ4n) is 2.35. The van der Waals surface area contributed by atoms with Gasteiger partial charge < -0.3 is 10.6 Å². The number of benzene rings is 2. The third kappa shape index (κ3) is 3.60. The maximum atomic E-state index is 12.8. The van der Waals surface area contributed by atoms with Crippen molar-refractivity contribution in [3.63, 3.8) is 0 Å². The molecule has 0 atom stereocenters. The molecule has 2 rings (SSSR count). The van der Waals surface area contributed by atoms with Gasteiger partial charge in [-0.3, -0.25) is 0 Å². The van der Waals surface area contributed by atoms with E-state index in [4.69, 9.17) is 0 Å². The number of rotatable bonds is 2. The average Bonchev–Trinajstić information content (AvgIpc) is 2.49. The Bertz CT molecular complexity index is 798. The molecule has 0 aromatic heterocycles. The second-order valence-electron chi connectivity index (χ2n) is 5.35. The summed E-state index contributed by atoms with van der Waals surface area (Å²) in [5.41, 5.74) is -6.70. The molecule has 0 aliphatic carbocycles. The van der Waals surface area contributed by atoms with Gasteiger partial charge in [0.05, 0.1) is 5.69 Å². The minimum Gasteiger partial charge on any atom is -0.308 e. The van der Waals surface area contributed by atoms with Crippen LogP contribution in [0.2, 0.25) is 0 Å². The quantitative estimate of drug-likeness (QED) is 0.648. The van der Waals surface area contributed by atoms with Gasteiger partial charge >= 0.3 is 30.1 Å². The molecular weight excluding hydrogens is 395 g/mol. The molecule has 2 aromatic carbocycles. The topological polar surface area (TPSA) is 41.1 Å². The van der Waals surface area contributed by atoms with Crippen LogP contribution in [-0.2, 0) is 0 Å². The van der Waals surface area contributed by atoms with Gasteiger partial charge in [0.25, 0.3) is 0 Å². The molecule has 2 amide bonds. The highest BCUT2D eigenvalue weighted by molar-refractivity contribution is 6.01. The van der Waals surface area contributed by atoms with Crippen LogP contribution in [0, 0.1) is 0 Å². The van der Waals surface area contributed by atoms with E-state index < -0.39 is 30.1 Å². The van der Waals surface area contributed by atoms with E-state index in [1.165, 1.54) is 30.3 Å². The number of carbonyl (C=O) groups excluding carboxylic acids is 1. The highest BCUT2D eigenvalue weighted by Gasteiger charge is 2.84. The lowest BCUT2D eigenvalue weighted by molar-refractivity contribution is -0.386. The molecule has 2 N–H and O–H groups in total. The number of alkyl halides is 9. The van der Waals surface area contributed by atoms with Crippen LogP contribution in [0.25, 0.3) is 10.8 Å². The van der Waals surface area contributed by atoms with E-state index in [0.29, 0.717) is 5.39 Å². The summed E-state index contributed by atoms with van der Waals surface area (Å²) in [7, 11) is 0. The van der Waals surface area contributed by atoms with E-state index >= 15 is 0 Å². The monoisotopic (exact) mass is 404 g/mol. The first kappa shape index (κ1) is 20.6. The summed E-state index contributed by atoms with van der Waals surface area (Å²) in [5, 5.41) is 2.29. The summed E-state index contributed by atoms with van der Waals surface area (Å²) >= 11 is 0. The van der Waals surface area contributed by atoms with E-state index in [1.54, 1.807) is 11.4 Å². The molecule has 0 radical (unpaired) electrons. The first-order valence-corrected chi connectivity index (χ1v) is 6.98. The zero-order chi connectivity index (χ0) is 20.7. The van der Waals surface area contributed by atoms with Crippen LogP contribution in [0.4, 0.5) is 50.0 Å². The maximum Gasteiger partial charge on any atom is 0.429 e. The number of nitrogens with one attached hydrogen (secondary N) is 2. The van der Waals surface area contributed by atoms with Crippen LogP contribution < -0.4 is 10.6 Å². The van der Waals surface area contributed by atoms with Gasteiger partial charge in [-0.25, -0.2) is 4.79 Å². The van der Waals surface area contributed by atoms with Crippen LogP contribution in [0.15, 0.2) is 42.5 Å². The SMILES string of the molecule is O=C(Nc1cccc2ccccc12)NC(C(F)(F)F)(C(F)(F)F)C(F)(F)F. The number of urea groups is 1. The fraction of sp³-hybridized carbons (Fsp3) is 0.267. The molecule has 0 spiro atoms. The lowest BCUT2D eigenvalue weighted by atomic mass is 9.97. The van der Waals surface area contributed by atoms with Gasteiger partial charge in [-0.1, -0.05) is 36.4 Å². The van der Waals surface area contributed by atoms with Crippen LogP contribution in [0.5, 0.6) is 0 Å². The number of halogens is 9. The lowest BCUT2D eigenvalue weighted by Gasteiger charge is -2.38. The molecule has 0 saturated heterocycles. The summed E-state index contributed by atoms with van der Waals surface area (Å²) in [6.45, 7) is 0. The van der Waals surface area contributed by atoms with E-state index in [-0.39, 0.29) is 16.4 Å². The number of amides is 2. The van der Waals surface area contributed by atoms with Gasteiger partial charge in [0, 0.05) is 5.39 Å². The molecule has 12 heteroatoms. The third-order valence-corrected chi connectivity index (χ3v) is 3.61. The largest absolute Gasteiger partial charge is 0.429 e. The number of hydrogen-bond donors (Lipinski definition) is 2. The molecule has 0 aliphatic rings. The fourth-order valence-corrected chi connectivity index (χ4v) is 2.35. The highest BCUT2D eigenvalue weighted by atomic mass is 19.4. The minimum atomic E-state index is -6.89. The van der Waals surface area contributed by atoms with Crippen LogP contribution in [0.1, 0.15) is 0 Å². The van der Waals surface area contributed by atoms with Crippen LogP contribution in [0.3, 0.4) is 0 Å². The maximum absolute atomic E-state index is 12.8. The molecular formula is C15H9F9N2O. The summed E-state index contributed by atoms with van der Waals surface area (Å²) < 4.78 is 116. The molecule has 0 fully saturated rings. The third-order valence-electron chi connectivity index (χ3n) is 3.61. The second kappa shape index (κ2) is 6.50. The molecule has 0 unspecified atom stereocenters. The molecule has 0 bridgehead atoms.